The van der Waals surface area contributed by atoms with Crippen LogP contribution in [0.3, 0.4) is 0 Å². The van der Waals surface area contributed by atoms with Crippen LogP contribution in [0.1, 0.15) is 0 Å². The standard InChI is InChI=1S/C16H11F2N/c17-10-7-8-13(15(18)9-10)11-3-1-5-14-12(11)4-2-6-16(14)19/h1-9H,19H2. The lowest BCUT2D eigenvalue weighted by atomic mass is 9.97. The molecule has 3 aromatic rings. The normalized spacial score (nSPS) is 10.8. The lowest BCUT2D eigenvalue weighted by Gasteiger charge is -2.09. The van der Waals surface area contributed by atoms with Crippen LogP contribution in [0, 0.1) is 11.6 Å². The molecule has 3 aromatic carbocycles. The summed E-state index contributed by atoms with van der Waals surface area (Å²) >= 11 is 0. The zero-order chi connectivity index (χ0) is 13.4. The third-order valence-corrected chi connectivity index (χ3v) is 3.18. The first-order valence-electron chi connectivity index (χ1n) is 5.89. The molecule has 0 radical (unpaired) electrons. The van der Waals surface area contributed by atoms with Gasteiger partial charge in [-0.2, -0.15) is 0 Å². The lowest BCUT2D eigenvalue weighted by Crippen LogP contribution is -1.90. The van der Waals surface area contributed by atoms with E-state index in [0.717, 1.165) is 16.8 Å². The van der Waals surface area contributed by atoms with Crippen molar-refractivity contribution in [1.29, 1.82) is 0 Å². The van der Waals surface area contributed by atoms with Gasteiger partial charge in [0.05, 0.1) is 0 Å². The molecule has 3 rings (SSSR count). The fraction of sp³-hybridized carbons (Fsp3) is 0. The fourth-order valence-corrected chi connectivity index (χ4v) is 2.28. The first kappa shape index (κ1) is 11.7. The predicted molar refractivity (Wildman–Crippen MR) is 73.7 cm³/mol. The molecule has 0 amide bonds. The molecular formula is C16H11F2N. The van der Waals surface area contributed by atoms with Crippen molar-refractivity contribution in [3.05, 3.63) is 66.2 Å². The maximum absolute atomic E-state index is 13.9. The molecule has 0 fully saturated rings. The topological polar surface area (TPSA) is 26.0 Å². The Bertz CT molecular complexity index is 766. The Morgan fingerprint density at radius 2 is 1.47 bits per heavy atom. The summed E-state index contributed by atoms with van der Waals surface area (Å²) in [5.74, 6) is -1.16. The maximum Gasteiger partial charge on any atom is 0.133 e. The second-order valence-electron chi connectivity index (χ2n) is 4.37. The van der Waals surface area contributed by atoms with Gasteiger partial charge in [0.25, 0.3) is 0 Å². The molecule has 0 aromatic heterocycles. The molecule has 0 atom stereocenters. The van der Waals surface area contributed by atoms with Crippen molar-refractivity contribution >= 4 is 16.5 Å². The summed E-state index contributed by atoms with van der Waals surface area (Å²) in [6.07, 6.45) is 0. The van der Waals surface area contributed by atoms with Crippen molar-refractivity contribution < 1.29 is 8.78 Å². The minimum absolute atomic E-state index is 0.373. The largest absolute Gasteiger partial charge is 0.398 e. The second-order valence-corrected chi connectivity index (χ2v) is 4.37. The van der Waals surface area contributed by atoms with Gasteiger partial charge in [-0.3, -0.25) is 0 Å². The summed E-state index contributed by atoms with van der Waals surface area (Å²) in [4.78, 5) is 0. The van der Waals surface area contributed by atoms with E-state index in [1.54, 1.807) is 12.1 Å². The van der Waals surface area contributed by atoms with Crippen LogP contribution in [0.15, 0.2) is 54.6 Å². The van der Waals surface area contributed by atoms with E-state index in [2.05, 4.69) is 0 Å². The van der Waals surface area contributed by atoms with Gasteiger partial charge in [-0.05, 0) is 29.1 Å². The highest BCUT2D eigenvalue weighted by Gasteiger charge is 2.10. The highest BCUT2D eigenvalue weighted by Crippen LogP contribution is 2.32. The summed E-state index contributed by atoms with van der Waals surface area (Å²) < 4.78 is 26.9. The van der Waals surface area contributed by atoms with Crippen LogP contribution in [-0.4, -0.2) is 0 Å². The van der Waals surface area contributed by atoms with Crippen molar-refractivity contribution in [1.82, 2.24) is 0 Å². The fourth-order valence-electron chi connectivity index (χ4n) is 2.28. The number of rotatable bonds is 1. The molecule has 0 heterocycles. The Hall–Kier alpha value is -2.42. The molecule has 0 aliphatic carbocycles. The van der Waals surface area contributed by atoms with Crippen LogP contribution in [0.2, 0.25) is 0 Å². The quantitative estimate of drug-likeness (QED) is 0.642. The number of benzene rings is 3. The average molecular weight is 255 g/mol. The highest BCUT2D eigenvalue weighted by molar-refractivity contribution is 6.02. The first-order chi connectivity index (χ1) is 9.16. The minimum Gasteiger partial charge on any atom is -0.398 e. The summed E-state index contributed by atoms with van der Waals surface area (Å²) in [6.45, 7) is 0. The van der Waals surface area contributed by atoms with Gasteiger partial charge in [0, 0.05) is 22.7 Å². The Labute approximate surface area is 109 Å². The van der Waals surface area contributed by atoms with Gasteiger partial charge in [-0.1, -0.05) is 30.3 Å². The number of hydrogen-bond donors (Lipinski definition) is 1. The number of nitrogen functional groups attached to an aromatic ring is 1. The Morgan fingerprint density at radius 3 is 2.26 bits per heavy atom. The summed E-state index contributed by atoms with van der Waals surface area (Å²) in [5, 5.41) is 1.72. The molecule has 3 heteroatoms. The van der Waals surface area contributed by atoms with E-state index < -0.39 is 11.6 Å². The SMILES string of the molecule is Nc1cccc2c(-c3ccc(F)cc3F)cccc12. The Morgan fingerprint density at radius 1 is 0.737 bits per heavy atom. The zero-order valence-corrected chi connectivity index (χ0v) is 10.0. The Balaban J connectivity index is 2.34. The van der Waals surface area contributed by atoms with Crippen LogP contribution in [0.25, 0.3) is 21.9 Å². The van der Waals surface area contributed by atoms with Gasteiger partial charge in [-0.25, -0.2) is 8.78 Å². The van der Waals surface area contributed by atoms with E-state index in [4.69, 9.17) is 5.73 Å². The third-order valence-electron chi connectivity index (χ3n) is 3.18. The van der Waals surface area contributed by atoms with Gasteiger partial charge >= 0.3 is 0 Å². The van der Waals surface area contributed by atoms with Crippen LogP contribution in [-0.2, 0) is 0 Å². The van der Waals surface area contributed by atoms with E-state index in [9.17, 15) is 8.78 Å². The first-order valence-corrected chi connectivity index (χ1v) is 5.89. The number of anilines is 1. The van der Waals surface area contributed by atoms with Gasteiger partial charge in [0.1, 0.15) is 11.6 Å². The third kappa shape index (κ3) is 1.93. The Kier molecular flexibility index (Phi) is 2.67. The van der Waals surface area contributed by atoms with Gasteiger partial charge in [0.15, 0.2) is 0 Å². The number of halogens is 2. The zero-order valence-electron chi connectivity index (χ0n) is 10.0. The monoisotopic (exact) mass is 255 g/mol. The van der Waals surface area contributed by atoms with Crippen molar-refractivity contribution in [2.75, 3.05) is 5.73 Å². The van der Waals surface area contributed by atoms with Gasteiger partial charge in [-0.15, -0.1) is 0 Å². The van der Waals surface area contributed by atoms with Crippen molar-refractivity contribution in [2.45, 2.75) is 0 Å². The molecule has 94 valence electrons. The van der Waals surface area contributed by atoms with Crippen molar-refractivity contribution in [3.8, 4) is 11.1 Å². The molecule has 0 spiro atoms. The number of fused-ring (bicyclic) bond motifs is 1. The van der Waals surface area contributed by atoms with E-state index in [0.29, 0.717) is 16.8 Å². The lowest BCUT2D eigenvalue weighted by molar-refractivity contribution is 0.585. The molecular weight excluding hydrogens is 244 g/mol. The number of hydrogen-bond acceptors (Lipinski definition) is 1. The summed E-state index contributed by atoms with van der Waals surface area (Å²) in [5.41, 5.74) is 7.64. The molecule has 0 bridgehead atoms. The van der Waals surface area contributed by atoms with Crippen LogP contribution in [0.4, 0.5) is 14.5 Å². The van der Waals surface area contributed by atoms with E-state index in [1.165, 1.54) is 12.1 Å². The van der Waals surface area contributed by atoms with Crippen LogP contribution in [0.5, 0.6) is 0 Å². The second kappa shape index (κ2) is 4.35. The van der Waals surface area contributed by atoms with Crippen LogP contribution < -0.4 is 5.73 Å². The van der Waals surface area contributed by atoms with E-state index >= 15 is 0 Å². The van der Waals surface area contributed by atoms with E-state index in [1.807, 2.05) is 24.3 Å². The molecule has 0 saturated carbocycles. The summed E-state index contributed by atoms with van der Waals surface area (Å²) in [6, 6.07) is 14.6. The van der Waals surface area contributed by atoms with Gasteiger partial charge in [0.2, 0.25) is 0 Å². The number of nitrogens with two attached hydrogens (primary N) is 1. The van der Waals surface area contributed by atoms with Crippen molar-refractivity contribution in [2.24, 2.45) is 0 Å². The molecule has 0 aliphatic rings. The predicted octanol–water partition coefficient (Wildman–Crippen LogP) is 4.37. The van der Waals surface area contributed by atoms with Crippen LogP contribution >= 0.6 is 0 Å². The minimum atomic E-state index is -0.582. The smallest absolute Gasteiger partial charge is 0.133 e. The van der Waals surface area contributed by atoms with Crippen molar-refractivity contribution in [3.63, 3.8) is 0 Å². The molecule has 19 heavy (non-hydrogen) atoms. The highest BCUT2D eigenvalue weighted by atomic mass is 19.1. The average Bonchev–Trinajstić information content (AvgIpc) is 2.39. The van der Waals surface area contributed by atoms with E-state index in [-0.39, 0.29) is 0 Å². The summed E-state index contributed by atoms with van der Waals surface area (Å²) in [7, 11) is 0. The molecule has 0 aliphatic heterocycles. The maximum atomic E-state index is 13.9. The molecule has 1 nitrogen and oxygen atoms in total. The molecule has 0 saturated heterocycles. The molecule has 0 unspecified atom stereocenters. The molecule has 2 N–H and O–H groups in total. The van der Waals surface area contributed by atoms with Gasteiger partial charge < -0.3 is 5.73 Å².